The van der Waals surface area contributed by atoms with Crippen LogP contribution in [0, 0.1) is 4.78 Å². The first kappa shape index (κ1) is 14.2. The van der Waals surface area contributed by atoms with Gasteiger partial charge in [0.1, 0.15) is 5.75 Å². The van der Waals surface area contributed by atoms with Gasteiger partial charge in [-0.2, -0.15) is 13.2 Å². The van der Waals surface area contributed by atoms with Crippen LogP contribution in [0.1, 0.15) is 1.43 Å². The van der Waals surface area contributed by atoms with E-state index < -0.39 is 10.5 Å². The van der Waals surface area contributed by atoms with Crippen LogP contribution in [0.3, 0.4) is 0 Å². The molecule has 0 spiro atoms. The van der Waals surface area contributed by atoms with Gasteiger partial charge < -0.3 is 6.53 Å². The standard InChI is InChI=1S/C6H6O.HNO2S.Na.H/c7-6-4-2-1-3-5-6;1-4(2)3;;/h1-5,7H;1H;;/q;;+1;-1. The first-order chi connectivity index (χ1) is 5.13. The van der Waals surface area contributed by atoms with Crippen LogP contribution in [-0.4, -0.2) is 13.5 Å². The maximum absolute atomic E-state index is 8.67. The molecule has 0 bridgehead atoms. The molecule has 0 fully saturated rings. The number of para-hydroxylation sites is 1. The second-order valence-corrected chi connectivity index (χ2v) is 2.04. The summed E-state index contributed by atoms with van der Waals surface area (Å²) in [6.07, 6.45) is 0. The summed E-state index contributed by atoms with van der Waals surface area (Å²) in [6, 6.07) is 8.71. The molecule has 1 aromatic carbocycles. The molecule has 6 heteroatoms. The van der Waals surface area contributed by atoms with Gasteiger partial charge in [0.2, 0.25) is 0 Å². The fourth-order valence-electron chi connectivity index (χ4n) is 0.428. The average molecular weight is 197 g/mol. The van der Waals surface area contributed by atoms with Crippen molar-refractivity contribution in [2.75, 3.05) is 0 Å². The van der Waals surface area contributed by atoms with E-state index >= 15 is 0 Å². The number of phenols is 1. The zero-order valence-corrected chi connectivity index (χ0v) is 9.38. The Morgan fingerprint density at radius 3 is 1.75 bits per heavy atom. The number of rotatable bonds is 0. The second kappa shape index (κ2) is 8.73. The number of nitrogens with one attached hydrogen (secondary N) is 1. The Bertz CT molecular complexity index is 294. The Labute approximate surface area is 95.5 Å². The van der Waals surface area contributed by atoms with Gasteiger partial charge in [-0.3, -0.25) is 0 Å². The van der Waals surface area contributed by atoms with Crippen molar-refractivity contribution in [3.63, 3.8) is 0 Å². The zero-order valence-electron chi connectivity index (χ0n) is 7.56. The topological polar surface area (TPSA) is 78.2 Å². The Balaban J connectivity index is -0.000000150. The molecule has 0 saturated carbocycles. The molecule has 0 saturated heterocycles. The Morgan fingerprint density at radius 1 is 1.25 bits per heavy atom. The summed E-state index contributed by atoms with van der Waals surface area (Å²) in [5.74, 6) is 0.322. The molecule has 0 aliphatic rings. The second-order valence-electron chi connectivity index (χ2n) is 1.57. The van der Waals surface area contributed by atoms with E-state index in [0.29, 0.717) is 5.75 Å². The molecule has 0 aliphatic heterocycles. The summed E-state index contributed by atoms with van der Waals surface area (Å²) >= 11 is 0. The molecule has 0 amide bonds. The Morgan fingerprint density at radius 2 is 1.58 bits per heavy atom. The third kappa shape index (κ3) is 12.3. The van der Waals surface area contributed by atoms with Crippen molar-refractivity contribution >= 4 is 10.5 Å². The van der Waals surface area contributed by atoms with Crippen LogP contribution in [0.5, 0.6) is 5.75 Å². The normalized spacial score (nSPS) is 7.00. The number of hydrogen-bond acceptors (Lipinski definition) is 4. The first-order valence-corrected chi connectivity index (χ1v) is 3.75. The third-order valence-corrected chi connectivity index (χ3v) is 0.756. The minimum Gasteiger partial charge on any atom is -1.00 e. The third-order valence-electron chi connectivity index (χ3n) is 0.756. The average Bonchev–Trinajstić information content (AvgIpc) is 1.87. The molecule has 0 heterocycles. The SMILES string of the molecule is N=S(=O)=O.Oc1ccccc1.[H-].[Na+]. The quantitative estimate of drug-likeness (QED) is 0.479. The maximum atomic E-state index is 8.67. The summed E-state index contributed by atoms with van der Waals surface area (Å²) in [6.45, 7) is 0. The minimum absolute atomic E-state index is 0. The van der Waals surface area contributed by atoms with Crippen molar-refractivity contribution in [3.8, 4) is 5.75 Å². The van der Waals surface area contributed by atoms with Gasteiger partial charge in [0.05, 0.1) is 0 Å². The van der Waals surface area contributed by atoms with Crippen molar-refractivity contribution in [3.05, 3.63) is 30.3 Å². The molecular weight excluding hydrogens is 189 g/mol. The van der Waals surface area contributed by atoms with Gasteiger partial charge in [-0.25, -0.2) is 0 Å². The molecule has 1 aromatic rings. The van der Waals surface area contributed by atoms with E-state index in [9.17, 15) is 0 Å². The summed E-state index contributed by atoms with van der Waals surface area (Å²) < 4.78 is 22.8. The summed E-state index contributed by atoms with van der Waals surface area (Å²) in [7, 11) is -2.61. The van der Waals surface area contributed by atoms with Gasteiger partial charge in [0, 0.05) is 0 Å². The molecule has 62 valence electrons. The predicted octanol–water partition coefficient (Wildman–Crippen LogP) is -1.86. The summed E-state index contributed by atoms with van der Waals surface area (Å²) in [5, 5.41) is 8.63. The number of benzene rings is 1. The van der Waals surface area contributed by atoms with Gasteiger partial charge in [0.15, 0.2) is 0 Å². The van der Waals surface area contributed by atoms with Gasteiger partial charge in [0.25, 0.3) is 0 Å². The molecule has 0 aromatic heterocycles. The molecule has 1 rings (SSSR count). The monoisotopic (exact) mass is 197 g/mol. The van der Waals surface area contributed by atoms with Crippen LogP contribution in [0.15, 0.2) is 30.3 Å². The van der Waals surface area contributed by atoms with Crippen LogP contribution < -0.4 is 29.6 Å². The number of hydrogen-bond donors (Lipinski definition) is 2. The fourth-order valence-corrected chi connectivity index (χ4v) is 0.428. The van der Waals surface area contributed by atoms with Crippen LogP contribution in [-0.2, 0) is 10.5 Å². The minimum atomic E-state index is -2.61. The first-order valence-electron chi connectivity index (χ1n) is 2.67. The molecule has 2 N–H and O–H groups in total. The van der Waals surface area contributed by atoms with E-state index in [1.165, 1.54) is 0 Å². The van der Waals surface area contributed by atoms with Crippen LogP contribution in [0.4, 0.5) is 0 Å². The molecule has 4 nitrogen and oxygen atoms in total. The van der Waals surface area contributed by atoms with E-state index in [1.807, 2.05) is 6.07 Å². The summed E-state index contributed by atoms with van der Waals surface area (Å²) in [4.78, 5) is 0. The van der Waals surface area contributed by atoms with Gasteiger partial charge >= 0.3 is 40.1 Å². The van der Waals surface area contributed by atoms with E-state index in [2.05, 4.69) is 0 Å². The van der Waals surface area contributed by atoms with Crippen molar-refractivity contribution in [2.45, 2.75) is 0 Å². The van der Waals surface area contributed by atoms with E-state index in [4.69, 9.17) is 18.3 Å². The van der Waals surface area contributed by atoms with E-state index in [1.54, 1.807) is 24.3 Å². The number of phenolic OH excluding ortho intramolecular Hbond substituents is 1. The Kier molecular flexibility index (Phi) is 10.3. The largest absolute Gasteiger partial charge is 1.00 e. The molecule has 0 atom stereocenters. The van der Waals surface area contributed by atoms with Gasteiger partial charge in [-0.05, 0) is 12.1 Å². The molecule has 12 heavy (non-hydrogen) atoms. The van der Waals surface area contributed by atoms with Crippen molar-refractivity contribution in [1.82, 2.24) is 0 Å². The zero-order chi connectivity index (χ0) is 8.69. The van der Waals surface area contributed by atoms with E-state index in [-0.39, 0.29) is 31.0 Å². The molecule has 0 radical (unpaired) electrons. The van der Waals surface area contributed by atoms with Crippen LogP contribution in [0.25, 0.3) is 0 Å². The molecular formula is C6H8NNaO3S. The number of aromatic hydroxyl groups is 1. The molecule has 0 aliphatic carbocycles. The van der Waals surface area contributed by atoms with Gasteiger partial charge in [-0.15, -0.1) is 0 Å². The van der Waals surface area contributed by atoms with Crippen molar-refractivity contribution in [2.24, 2.45) is 0 Å². The maximum Gasteiger partial charge on any atom is 1.00 e. The fraction of sp³-hybridized carbons (Fsp3) is 0. The Hall–Kier alpha value is -0.360. The van der Waals surface area contributed by atoms with Crippen LogP contribution >= 0.6 is 0 Å². The van der Waals surface area contributed by atoms with Crippen LogP contribution in [0.2, 0.25) is 0 Å². The summed E-state index contributed by atoms with van der Waals surface area (Å²) in [5.41, 5.74) is 0. The smallest absolute Gasteiger partial charge is 1.00 e. The molecule has 0 unspecified atom stereocenters. The van der Waals surface area contributed by atoms with E-state index in [0.717, 1.165) is 0 Å². The van der Waals surface area contributed by atoms with Crippen molar-refractivity contribution in [1.29, 1.82) is 4.78 Å². The predicted molar refractivity (Wildman–Crippen MR) is 40.9 cm³/mol. The van der Waals surface area contributed by atoms with Gasteiger partial charge in [-0.1, -0.05) is 18.2 Å². The van der Waals surface area contributed by atoms with Crippen molar-refractivity contribution < 1.29 is 44.5 Å².